The van der Waals surface area contributed by atoms with Crippen LogP contribution in [0.5, 0.6) is 0 Å². The second-order valence-corrected chi connectivity index (χ2v) is 8.80. The van der Waals surface area contributed by atoms with Gasteiger partial charge in [0.2, 0.25) is 0 Å². The van der Waals surface area contributed by atoms with E-state index in [0.717, 1.165) is 16.8 Å². The lowest BCUT2D eigenvalue weighted by molar-refractivity contribution is -0.142. The first kappa shape index (κ1) is 21.5. The third-order valence-corrected chi connectivity index (χ3v) is 4.75. The van der Waals surface area contributed by atoms with Crippen LogP contribution in [0, 0.1) is 11.8 Å². The molecule has 2 aromatic rings. The van der Waals surface area contributed by atoms with Crippen molar-refractivity contribution in [2.24, 2.45) is 11.8 Å². The minimum Gasteiger partial charge on any atom is -0.481 e. The van der Waals surface area contributed by atoms with Crippen molar-refractivity contribution in [1.82, 2.24) is 15.1 Å². The van der Waals surface area contributed by atoms with Gasteiger partial charge in [0.15, 0.2) is 0 Å². The number of carboxylic acid groups (broad SMARTS) is 1. The van der Waals surface area contributed by atoms with E-state index in [2.05, 4.69) is 26.1 Å². The third kappa shape index (κ3) is 5.81. The molecule has 6 heteroatoms. The van der Waals surface area contributed by atoms with E-state index in [9.17, 15) is 9.90 Å². The quantitative estimate of drug-likeness (QED) is 0.678. The van der Waals surface area contributed by atoms with E-state index >= 15 is 0 Å². The highest BCUT2D eigenvalue weighted by atomic mass is 35.5. The fraction of sp³-hybridized carbons (Fsp3) is 0.524. The zero-order valence-electron chi connectivity index (χ0n) is 16.8. The third-order valence-electron chi connectivity index (χ3n) is 4.42. The second-order valence-electron chi connectivity index (χ2n) is 8.39. The normalized spacial score (nSPS) is 13.1. The number of carboxylic acids is 1. The van der Waals surface area contributed by atoms with Crippen LogP contribution in [0.2, 0.25) is 5.02 Å². The standard InChI is InChI=1S/C21H30ClN3O2/c1-14(2)10-15(20(26)27)11-23-12-16-13-25(21(3,4)5)24-19(16)17-8-6-7-9-18(17)22/h6-9,13-15,23H,10-12H2,1-5H3,(H,26,27). The summed E-state index contributed by atoms with van der Waals surface area (Å²) in [5, 5.41) is 18.2. The summed E-state index contributed by atoms with van der Waals surface area (Å²) in [6.07, 6.45) is 2.67. The number of benzene rings is 1. The largest absolute Gasteiger partial charge is 0.481 e. The van der Waals surface area contributed by atoms with Gasteiger partial charge in [-0.25, -0.2) is 0 Å². The van der Waals surface area contributed by atoms with E-state index in [1.165, 1.54) is 0 Å². The van der Waals surface area contributed by atoms with Crippen molar-refractivity contribution < 1.29 is 9.90 Å². The van der Waals surface area contributed by atoms with Crippen LogP contribution in [-0.2, 0) is 16.9 Å². The molecule has 1 unspecified atom stereocenters. The van der Waals surface area contributed by atoms with E-state index in [-0.39, 0.29) is 5.54 Å². The van der Waals surface area contributed by atoms with Gasteiger partial charge in [-0.3, -0.25) is 9.48 Å². The van der Waals surface area contributed by atoms with Gasteiger partial charge in [-0.1, -0.05) is 43.6 Å². The topological polar surface area (TPSA) is 67.2 Å². The summed E-state index contributed by atoms with van der Waals surface area (Å²) >= 11 is 6.39. The van der Waals surface area contributed by atoms with Crippen LogP contribution in [0.3, 0.4) is 0 Å². The molecule has 148 valence electrons. The Labute approximate surface area is 166 Å². The van der Waals surface area contributed by atoms with Gasteiger partial charge in [-0.2, -0.15) is 5.10 Å². The maximum absolute atomic E-state index is 11.5. The smallest absolute Gasteiger partial charge is 0.307 e. The molecule has 0 fully saturated rings. The van der Waals surface area contributed by atoms with Crippen LogP contribution in [0.15, 0.2) is 30.5 Å². The van der Waals surface area contributed by atoms with Crippen molar-refractivity contribution in [2.45, 2.75) is 53.1 Å². The molecule has 1 aromatic carbocycles. The molecule has 27 heavy (non-hydrogen) atoms. The number of aliphatic carboxylic acids is 1. The minimum atomic E-state index is -0.757. The summed E-state index contributed by atoms with van der Waals surface area (Å²) in [4.78, 5) is 11.5. The number of hydrogen-bond donors (Lipinski definition) is 2. The van der Waals surface area contributed by atoms with Gasteiger partial charge in [0.25, 0.3) is 0 Å². The van der Waals surface area contributed by atoms with E-state index in [1.54, 1.807) is 0 Å². The fourth-order valence-corrected chi connectivity index (χ4v) is 3.21. The highest BCUT2D eigenvalue weighted by Gasteiger charge is 2.22. The van der Waals surface area contributed by atoms with Gasteiger partial charge < -0.3 is 10.4 Å². The summed E-state index contributed by atoms with van der Waals surface area (Å²) in [6, 6.07) is 7.65. The lowest BCUT2D eigenvalue weighted by atomic mass is 9.97. The Kier molecular flexibility index (Phi) is 7.06. The molecule has 1 heterocycles. The Morgan fingerprint density at radius 1 is 1.30 bits per heavy atom. The van der Waals surface area contributed by atoms with Crippen molar-refractivity contribution >= 4 is 17.6 Å². The number of aromatic nitrogens is 2. The van der Waals surface area contributed by atoms with Crippen molar-refractivity contribution in [2.75, 3.05) is 6.54 Å². The first-order valence-corrected chi connectivity index (χ1v) is 9.74. The van der Waals surface area contributed by atoms with E-state index in [0.29, 0.717) is 30.5 Å². The van der Waals surface area contributed by atoms with Crippen LogP contribution < -0.4 is 5.32 Å². The number of nitrogens with one attached hydrogen (secondary N) is 1. The summed E-state index contributed by atoms with van der Waals surface area (Å²) in [6.45, 7) is 11.3. The molecule has 0 radical (unpaired) electrons. The summed E-state index contributed by atoms with van der Waals surface area (Å²) in [5.41, 5.74) is 2.57. The van der Waals surface area contributed by atoms with Gasteiger partial charge in [-0.05, 0) is 39.2 Å². The predicted octanol–water partition coefficient (Wildman–Crippen LogP) is 4.80. The average molecular weight is 392 g/mol. The van der Waals surface area contributed by atoms with Crippen molar-refractivity contribution in [1.29, 1.82) is 0 Å². The molecule has 2 rings (SSSR count). The average Bonchev–Trinajstić information content (AvgIpc) is 2.98. The van der Waals surface area contributed by atoms with Crippen LogP contribution in [0.4, 0.5) is 0 Å². The molecular weight excluding hydrogens is 362 g/mol. The van der Waals surface area contributed by atoms with Gasteiger partial charge >= 0.3 is 5.97 Å². The monoisotopic (exact) mass is 391 g/mol. The SMILES string of the molecule is CC(C)CC(CNCc1cn(C(C)(C)C)nc1-c1ccccc1Cl)C(=O)O. The molecule has 0 bridgehead atoms. The van der Waals surface area contributed by atoms with E-state index in [4.69, 9.17) is 16.7 Å². The van der Waals surface area contributed by atoms with Gasteiger partial charge in [0.1, 0.15) is 0 Å². The van der Waals surface area contributed by atoms with E-state index in [1.807, 2.05) is 49.0 Å². The molecule has 2 N–H and O–H groups in total. The van der Waals surface area contributed by atoms with Gasteiger partial charge in [0, 0.05) is 30.4 Å². The summed E-state index contributed by atoms with van der Waals surface area (Å²) in [5.74, 6) is -0.811. The Hall–Kier alpha value is -1.85. The molecule has 0 amide bonds. The van der Waals surface area contributed by atoms with Crippen LogP contribution in [0.1, 0.15) is 46.6 Å². The molecule has 0 spiro atoms. The first-order chi connectivity index (χ1) is 12.6. The summed E-state index contributed by atoms with van der Waals surface area (Å²) in [7, 11) is 0. The number of halogens is 1. The maximum Gasteiger partial charge on any atom is 0.307 e. The Balaban J connectivity index is 2.24. The first-order valence-electron chi connectivity index (χ1n) is 9.37. The lowest BCUT2D eigenvalue weighted by Crippen LogP contribution is -2.29. The maximum atomic E-state index is 11.5. The van der Waals surface area contributed by atoms with Crippen molar-refractivity contribution in [3.63, 3.8) is 0 Å². The fourth-order valence-electron chi connectivity index (χ4n) is 2.98. The number of nitrogens with zero attached hydrogens (tertiary/aromatic N) is 2. The zero-order chi connectivity index (χ0) is 20.2. The number of rotatable bonds is 8. The van der Waals surface area contributed by atoms with Gasteiger partial charge in [-0.15, -0.1) is 0 Å². The molecule has 1 aromatic heterocycles. The van der Waals surface area contributed by atoms with Crippen LogP contribution in [0.25, 0.3) is 11.3 Å². The number of hydrogen-bond acceptors (Lipinski definition) is 3. The molecule has 0 saturated heterocycles. The van der Waals surface area contributed by atoms with E-state index < -0.39 is 11.9 Å². The molecular formula is C21H30ClN3O2. The highest BCUT2D eigenvalue weighted by Crippen LogP contribution is 2.30. The van der Waals surface area contributed by atoms with Crippen LogP contribution >= 0.6 is 11.6 Å². The second kappa shape index (κ2) is 8.89. The molecule has 0 saturated carbocycles. The molecule has 0 aliphatic carbocycles. The minimum absolute atomic E-state index is 0.157. The number of carbonyl (C=O) groups is 1. The van der Waals surface area contributed by atoms with Crippen molar-refractivity contribution in [3.8, 4) is 11.3 Å². The van der Waals surface area contributed by atoms with Crippen LogP contribution in [-0.4, -0.2) is 27.4 Å². The Morgan fingerprint density at radius 3 is 2.52 bits per heavy atom. The lowest BCUT2D eigenvalue weighted by Gasteiger charge is -2.19. The molecule has 0 aliphatic rings. The molecule has 5 nitrogen and oxygen atoms in total. The van der Waals surface area contributed by atoms with Crippen molar-refractivity contribution in [3.05, 3.63) is 41.0 Å². The van der Waals surface area contributed by atoms with Gasteiger partial charge in [0.05, 0.1) is 22.2 Å². The molecule has 1 atom stereocenters. The highest BCUT2D eigenvalue weighted by molar-refractivity contribution is 6.33. The Bertz CT molecular complexity index is 778. The zero-order valence-corrected chi connectivity index (χ0v) is 17.5. The Morgan fingerprint density at radius 2 is 1.96 bits per heavy atom. The predicted molar refractivity (Wildman–Crippen MR) is 110 cm³/mol. The molecule has 0 aliphatic heterocycles. The summed E-state index contributed by atoms with van der Waals surface area (Å²) < 4.78 is 1.94.